The molecule has 5 aromatic heterocycles. The number of aromatic nitrogens is 6. The second-order valence-corrected chi connectivity index (χ2v) is 13.3. The summed E-state index contributed by atoms with van der Waals surface area (Å²) in [6, 6.07) is 21.0. The molecule has 3 N–H and O–H groups in total. The van der Waals surface area contributed by atoms with Crippen molar-refractivity contribution in [2.45, 2.75) is 6.42 Å². The van der Waals surface area contributed by atoms with Crippen LogP contribution in [-0.4, -0.2) is 56.5 Å². The summed E-state index contributed by atoms with van der Waals surface area (Å²) in [5, 5.41) is 11.9. The highest BCUT2D eigenvalue weighted by atomic mass is 32.2. The van der Waals surface area contributed by atoms with E-state index in [2.05, 4.69) is 35.5 Å². The van der Waals surface area contributed by atoms with E-state index in [1.807, 2.05) is 30.3 Å². The Labute approximate surface area is 262 Å². The van der Waals surface area contributed by atoms with E-state index in [1.165, 1.54) is 12.1 Å². The summed E-state index contributed by atoms with van der Waals surface area (Å²) in [6.07, 6.45) is 7.99. The van der Waals surface area contributed by atoms with Crippen LogP contribution in [0.5, 0.6) is 0 Å². The fourth-order valence-corrected chi connectivity index (χ4v) is 5.98. The molecule has 2 aromatic carbocycles. The highest BCUT2D eigenvalue weighted by Crippen LogP contribution is 2.34. The third-order valence-electron chi connectivity index (χ3n) is 7.58. The lowest BCUT2D eigenvalue weighted by Crippen LogP contribution is -2.11. The van der Waals surface area contributed by atoms with Crippen LogP contribution in [0.25, 0.3) is 55.7 Å². The number of H-pyrrole nitrogens is 2. The largest absolute Gasteiger partial charge is 0.353 e. The summed E-state index contributed by atoms with van der Waals surface area (Å²) < 4.78 is 38.0. The van der Waals surface area contributed by atoms with Gasteiger partial charge >= 0.3 is 0 Å². The number of carbonyl (C=O) groups excluding carboxylic acids is 1. The molecule has 7 aromatic rings. The highest BCUT2D eigenvalue weighted by Gasteiger charge is 2.17. The first-order valence-electron chi connectivity index (χ1n) is 14.3. The Morgan fingerprint density at radius 3 is 2.52 bits per heavy atom. The second-order valence-electron chi connectivity index (χ2n) is 11.0. The zero-order valence-corrected chi connectivity index (χ0v) is 25.3. The fourth-order valence-electron chi connectivity index (χ4n) is 5.37. The van der Waals surface area contributed by atoms with Gasteiger partial charge in [0.1, 0.15) is 21.3 Å². The fraction of sp³-hybridized carbons (Fsp3) is 0.0882. The van der Waals surface area contributed by atoms with E-state index in [0.717, 1.165) is 33.7 Å². The van der Waals surface area contributed by atoms with Crippen molar-refractivity contribution in [3.63, 3.8) is 0 Å². The smallest absolute Gasteiger partial charge is 0.255 e. The number of nitrogens with one attached hydrogen (secondary N) is 3. The number of hydrogen-bond acceptors (Lipinski definition) is 7. The van der Waals surface area contributed by atoms with Gasteiger partial charge in [0.15, 0.2) is 5.65 Å². The van der Waals surface area contributed by atoms with Crippen molar-refractivity contribution in [3.05, 3.63) is 115 Å². The summed E-state index contributed by atoms with van der Waals surface area (Å²) >= 11 is 0. The first kappa shape index (κ1) is 29.0. The van der Waals surface area contributed by atoms with Gasteiger partial charge in [0, 0.05) is 63.4 Å². The average molecular weight is 632 g/mol. The van der Waals surface area contributed by atoms with E-state index in [9.17, 15) is 17.6 Å². The van der Waals surface area contributed by atoms with E-state index >= 15 is 0 Å². The van der Waals surface area contributed by atoms with Crippen LogP contribution in [0.3, 0.4) is 0 Å². The molecule has 0 aliphatic heterocycles. The first-order chi connectivity index (χ1) is 22.2. The molecule has 12 heteroatoms. The number of benzene rings is 2. The number of sulfone groups is 1. The van der Waals surface area contributed by atoms with Crippen LogP contribution in [0.15, 0.2) is 97.6 Å². The maximum atomic E-state index is 14.6. The molecule has 10 nitrogen and oxygen atoms in total. The Balaban J connectivity index is 1.22. The van der Waals surface area contributed by atoms with Crippen molar-refractivity contribution >= 4 is 43.4 Å². The monoisotopic (exact) mass is 631 g/mol. The summed E-state index contributed by atoms with van der Waals surface area (Å²) in [5.74, 6) is -0.779. The van der Waals surface area contributed by atoms with Gasteiger partial charge in [-0.3, -0.25) is 19.9 Å². The van der Waals surface area contributed by atoms with Gasteiger partial charge in [0.25, 0.3) is 5.91 Å². The van der Waals surface area contributed by atoms with Crippen LogP contribution < -0.4 is 5.32 Å². The Kier molecular flexibility index (Phi) is 7.33. The maximum absolute atomic E-state index is 14.6. The standard InChI is InChI=1S/C34H26FN7O3S/c1-46(44,45)10-8-20-11-22(13-25(35)12-20)31-27-16-30(40-29(27)7-9-37-31)32-28-15-24(18-38-33(28)42-41-32)23-14-26(19-36-17-23)39-34(43)21-5-3-2-4-6-21/h2-7,9,11-19,40H,8,10H2,1H3,(H,39,43)(H,38,41,42). The van der Waals surface area contributed by atoms with Crippen molar-refractivity contribution in [2.24, 2.45) is 0 Å². The van der Waals surface area contributed by atoms with Crippen molar-refractivity contribution in [2.75, 3.05) is 17.3 Å². The minimum atomic E-state index is -3.20. The van der Waals surface area contributed by atoms with Crippen molar-refractivity contribution in [1.29, 1.82) is 0 Å². The molecule has 0 fully saturated rings. The number of halogens is 1. The van der Waals surface area contributed by atoms with Crippen LogP contribution >= 0.6 is 0 Å². The van der Waals surface area contributed by atoms with Crippen molar-refractivity contribution in [1.82, 2.24) is 30.1 Å². The molecule has 0 spiro atoms. The lowest BCUT2D eigenvalue weighted by atomic mass is 10.0. The molecular formula is C34H26FN7O3S. The molecule has 0 saturated carbocycles. The quantitative estimate of drug-likeness (QED) is 0.181. The molecule has 0 aliphatic rings. The third kappa shape index (κ3) is 5.97. The van der Waals surface area contributed by atoms with Crippen molar-refractivity contribution < 1.29 is 17.6 Å². The molecule has 0 saturated heterocycles. The third-order valence-corrected chi connectivity index (χ3v) is 8.52. The van der Waals surface area contributed by atoms with E-state index in [-0.39, 0.29) is 18.1 Å². The molecule has 0 bridgehead atoms. The first-order valence-corrected chi connectivity index (χ1v) is 16.4. The van der Waals surface area contributed by atoms with E-state index in [4.69, 9.17) is 0 Å². The summed E-state index contributed by atoms with van der Waals surface area (Å²) in [4.78, 5) is 29.5. The number of carbonyl (C=O) groups is 1. The Hall–Kier alpha value is -5.75. The number of rotatable bonds is 8. The maximum Gasteiger partial charge on any atom is 0.255 e. The van der Waals surface area contributed by atoms with Crippen molar-refractivity contribution in [3.8, 4) is 33.8 Å². The van der Waals surface area contributed by atoms with Gasteiger partial charge in [-0.2, -0.15) is 5.10 Å². The number of anilines is 1. The molecule has 228 valence electrons. The predicted octanol–water partition coefficient (Wildman–Crippen LogP) is 6.21. The Bertz CT molecular complexity index is 2370. The van der Waals surface area contributed by atoms with E-state index in [1.54, 1.807) is 55.1 Å². The van der Waals surface area contributed by atoms with Gasteiger partial charge in [-0.15, -0.1) is 0 Å². The topological polar surface area (TPSA) is 146 Å². The second kappa shape index (κ2) is 11.6. The van der Waals surface area contributed by atoms with Gasteiger partial charge in [0.05, 0.1) is 29.0 Å². The molecule has 0 aliphatic carbocycles. The van der Waals surface area contributed by atoms with E-state index in [0.29, 0.717) is 45.1 Å². The molecule has 5 heterocycles. The summed E-state index contributed by atoms with van der Waals surface area (Å²) in [5.41, 5.74) is 6.97. The van der Waals surface area contributed by atoms with Gasteiger partial charge < -0.3 is 10.3 Å². The molecule has 7 rings (SSSR count). The minimum absolute atomic E-state index is 0.0766. The number of aromatic amines is 2. The number of hydrogen-bond donors (Lipinski definition) is 3. The number of aryl methyl sites for hydroxylation is 1. The van der Waals surface area contributed by atoms with Crippen LogP contribution in [0.1, 0.15) is 15.9 Å². The van der Waals surface area contributed by atoms with Gasteiger partial charge in [-0.1, -0.05) is 18.2 Å². The van der Waals surface area contributed by atoms with Gasteiger partial charge in [0.2, 0.25) is 0 Å². The van der Waals surface area contributed by atoms with Crippen LogP contribution in [0.2, 0.25) is 0 Å². The number of pyridine rings is 3. The Morgan fingerprint density at radius 1 is 0.870 bits per heavy atom. The molecule has 0 atom stereocenters. The molecule has 1 amide bonds. The zero-order valence-electron chi connectivity index (χ0n) is 24.5. The molecular weight excluding hydrogens is 605 g/mol. The Morgan fingerprint density at radius 2 is 1.70 bits per heavy atom. The average Bonchev–Trinajstić information content (AvgIpc) is 3.68. The lowest BCUT2D eigenvalue weighted by molar-refractivity contribution is 0.102. The lowest BCUT2D eigenvalue weighted by Gasteiger charge is -2.07. The molecule has 46 heavy (non-hydrogen) atoms. The predicted molar refractivity (Wildman–Crippen MR) is 175 cm³/mol. The normalized spacial score (nSPS) is 11.7. The van der Waals surface area contributed by atoms with Gasteiger partial charge in [-0.05, 0) is 66.6 Å². The van der Waals surface area contributed by atoms with Crippen LogP contribution in [0.4, 0.5) is 10.1 Å². The minimum Gasteiger partial charge on any atom is -0.353 e. The zero-order chi connectivity index (χ0) is 31.8. The highest BCUT2D eigenvalue weighted by molar-refractivity contribution is 7.90. The van der Waals surface area contributed by atoms with Gasteiger partial charge in [-0.25, -0.2) is 17.8 Å². The van der Waals surface area contributed by atoms with E-state index < -0.39 is 15.7 Å². The number of fused-ring (bicyclic) bond motifs is 2. The SMILES string of the molecule is CS(=O)(=O)CCc1cc(F)cc(-c2nccc3[nH]c(-c4n[nH]c5ncc(-c6cncc(NC(=O)c7ccccc7)c6)cc45)cc23)c1. The van der Waals surface area contributed by atoms with Crippen LogP contribution in [0, 0.1) is 5.82 Å². The molecule has 0 unspecified atom stereocenters. The number of nitrogens with zero attached hydrogens (tertiary/aromatic N) is 4. The van der Waals surface area contributed by atoms with Crippen LogP contribution in [-0.2, 0) is 16.3 Å². The molecule has 0 radical (unpaired) electrons. The number of amides is 1. The summed E-state index contributed by atoms with van der Waals surface area (Å²) in [6.45, 7) is 0. The summed E-state index contributed by atoms with van der Waals surface area (Å²) in [7, 11) is -3.20.